The molecule has 2 aromatic rings. The van der Waals surface area contributed by atoms with Crippen LogP contribution in [0.5, 0.6) is 0 Å². The van der Waals surface area contributed by atoms with E-state index in [0.717, 1.165) is 42.8 Å². The van der Waals surface area contributed by atoms with Crippen LogP contribution in [0.25, 0.3) is 10.9 Å². The number of hydrogen-bond acceptors (Lipinski definition) is 6. The molecule has 0 saturated carbocycles. The number of aliphatic hydroxyl groups is 2. The van der Waals surface area contributed by atoms with Gasteiger partial charge >= 0.3 is 0 Å². The standard InChI is InChI=1S/C18H25N3O3S/c1-12-3-2-4-15-17(12)19-16(20-18(15)24)11-25-14-5-7-21(8-6-14)9-13(23)10-22/h2-4,13-14,22-23H,5-11H2,1H3,(H,19,20,24)/t13-/m0/s1. The number of aliphatic hydroxyl groups excluding tert-OH is 2. The van der Waals surface area contributed by atoms with E-state index in [1.807, 2.05) is 36.9 Å². The van der Waals surface area contributed by atoms with E-state index in [1.54, 1.807) is 0 Å². The molecule has 7 heteroatoms. The van der Waals surface area contributed by atoms with Gasteiger partial charge in [0.1, 0.15) is 5.82 Å². The van der Waals surface area contributed by atoms with E-state index >= 15 is 0 Å². The van der Waals surface area contributed by atoms with Gasteiger partial charge in [0.2, 0.25) is 0 Å². The van der Waals surface area contributed by atoms with Crippen molar-refractivity contribution < 1.29 is 10.2 Å². The van der Waals surface area contributed by atoms with Crippen molar-refractivity contribution in [3.8, 4) is 0 Å². The summed E-state index contributed by atoms with van der Waals surface area (Å²) < 4.78 is 0. The molecule has 2 heterocycles. The SMILES string of the molecule is Cc1cccc2c(=O)[nH]c(CSC3CCN(C[C@H](O)CO)CC3)nc12. The quantitative estimate of drug-likeness (QED) is 0.716. The second-order valence-corrected chi connectivity index (χ2v) is 7.92. The fraction of sp³-hybridized carbons (Fsp3) is 0.556. The number of nitrogens with zero attached hydrogens (tertiary/aromatic N) is 2. The normalized spacial score (nSPS) is 17.9. The maximum absolute atomic E-state index is 12.2. The van der Waals surface area contributed by atoms with Gasteiger partial charge in [-0.05, 0) is 44.5 Å². The molecule has 136 valence electrons. The fourth-order valence-corrected chi connectivity index (χ4v) is 4.31. The van der Waals surface area contributed by atoms with Crippen LogP contribution in [-0.2, 0) is 5.75 Å². The van der Waals surface area contributed by atoms with Crippen LogP contribution in [0.15, 0.2) is 23.0 Å². The highest BCUT2D eigenvalue weighted by molar-refractivity contribution is 7.99. The molecule has 6 nitrogen and oxygen atoms in total. The van der Waals surface area contributed by atoms with Crippen molar-refractivity contribution in [3.63, 3.8) is 0 Å². The predicted molar refractivity (Wildman–Crippen MR) is 101 cm³/mol. The van der Waals surface area contributed by atoms with E-state index in [1.165, 1.54) is 0 Å². The molecule has 0 unspecified atom stereocenters. The van der Waals surface area contributed by atoms with Gasteiger partial charge in [-0.1, -0.05) is 12.1 Å². The number of thioether (sulfide) groups is 1. The van der Waals surface area contributed by atoms with Crippen molar-refractivity contribution in [2.45, 2.75) is 36.9 Å². The summed E-state index contributed by atoms with van der Waals surface area (Å²) in [5.74, 6) is 1.43. The smallest absolute Gasteiger partial charge is 0.258 e. The minimum Gasteiger partial charge on any atom is -0.394 e. The molecule has 3 rings (SSSR count). The molecule has 1 fully saturated rings. The first-order valence-corrected chi connectivity index (χ1v) is 9.73. The third-order valence-corrected chi connectivity index (χ3v) is 6.04. The minimum absolute atomic E-state index is 0.0721. The van der Waals surface area contributed by atoms with Gasteiger partial charge in [-0.15, -0.1) is 0 Å². The van der Waals surface area contributed by atoms with Gasteiger partial charge in [-0.3, -0.25) is 4.79 Å². The number of aryl methyl sites for hydroxylation is 1. The van der Waals surface area contributed by atoms with E-state index in [-0.39, 0.29) is 12.2 Å². The zero-order valence-electron chi connectivity index (χ0n) is 14.4. The first kappa shape index (κ1) is 18.4. The number of β-amino-alcohol motifs (C(OH)–C–C–N with tert-alkyl or cyclic N) is 1. The fourth-order valence-electron chi connectivity index (χ4n) is 3.23. The number of hydrogen-bond donors (Lipinski definition) is 3. The van der Waals surface area contributed by atoms with Crippen LogP contribution in [-0.4, -0.2) is 62.7 Å². The Kier molecular flexibility index (Phi) is 6.11. The lowest BCUT2D eigenvalue weighted by molar-refractivity contribution is 0.0539. The van der Waals surface area contributed by atoms with Crippen LogP contribution in [0.1, 0.15) is 24.2 Å². The summed E-state index contributed by atoms with van der Waals surface area (Å²) in [6, 6.07) is 5.66. The lowest BCUT2D eigenvalue weighted by Crippen LogP contribution is -2.40. The number of benzene rings is 1. The van der Waals surface area contributed by atoms with Crippen molar-refractivity contribution in [2.75, 3.05) is 26.2 Å². The Morgan fingerprint density at radius 1 is 1.40 bits per heavy atom. The second kappa shape index (κ2) is 8.31. The number of rotatable bonds is 6. The molecular weight excluding hydrogens is 338 g/mol. The lowest BCUT2D eigenvalue weighted by atomic mass is 10.1. The van der Waals surface area contributed by atoms with E-state index in [9.17, 15) is 9.90 Å². The Balaban J connectivity index is 1.57. The van der Waals surface area contributed by atoms with Crippen LogP contribution in [0.3, 0.4) is 0 Å². The van der Waals surface area contributed by atoms with Crippen LogP contribution >= 0.6 is 11.8 Å². The first-order valence-electron chi connectivity index (χ1n) is 8.68. The zero-order valence-corrected chi connectivity index (χ0v) is 15.3. The molecule has 0 bridgehead atoms. The van der Waals surface area contributed by atoms with Gasteiger partial charge in [-0.25, -0.2) is 4.98 Å². The predicted octanol–water partition coefficient (Wildman–Crippen LogP) is 1.28. The molecule has 1 atom stereocenters. The van der Waals surface area contributed by atoms with E-state index < -0.39 is 6.10 Å². The highest BCUT2D eigenvalue weighted by Crippen LogP contribution is 2.26. The van der Waals surface area contributed by atoms with E-state index in [4.69, 9.17) is 5.11 Å². The summed E-state index contributed by atoms with van der Waals surface area (Å²) >= 11 is 1.83. The molecule has 0 radical (unpaired) electrons. The number of aromatic nitrogens is 2. The summed E-state index contributed by atoms with van der Waals surface area (Å²) in [5.41, 5.74) is 1.73. The van der Waals surface area contributed by atoms with Gasteiger partial charge < -0.3 is 20.1 Å². The molecule has 0 spiro atoms. The lowest BCUT2D eigenvalue weighted by Gasteiger charge is -2.32. The van der Waals surface area contributed by atoms with Gasteiger partial charge in [-0.2, -0.15) is 11.8 Å². The number of nitrogens with one attached hydrogen (secondary N) is 1. The molecule has 1 aliphatic heterocycles. The summed E-state index contributed by atoms with van der Waals surface area (Å²) in [5, 5.41) is 19.6. The van der Waals surface area contributed by atoms with Crippen molar-refractivity contribution in [1.29, 1.82) is 0 Å². The third-order valence-electron chi connectivity index (χ3n) is 4.66. The molecule has 1 aromatic carbocycles. The number of likely N-dealkylation sites (tertiary alicyclic amines) is 1. The second-order valence-electron chi connectivity index (χ2n) is 6.63. The number of H-pyrrole nitrogens is 1. The Morgan fingerprint density at radius 2 is 2.16 bits per heavy atom. The third kappa shape index (κ3) is 4.61. The summed E-state index contributed by atoms with van der Waals surface area (Å²) in [4.78, 5) is 22.0. The number of piperidine rings is 1. The van der Waals surface area contributed by atoms with Crippen molar-refractivity contribution in [2.24, 2.45) is 0 Å². The highest BCUT2D eigenvalue weighted by Gasteiger charge is 2.21. The van der Waals surface area contributed by atoms with Crippen molar-refractivity contribution in [3.05, 3.63) is 39.9 Å². The van der Waals surface area contributed by atoms with Crippen LogP contribution in [0.2, 0.25) is 0 Å². The van der Waals surface area contributed by atoms with Crippen LogP contribution in [0.4, 0.5) is 0 Å². The average Bonchev–Trinajstić information content (AvgIpc) is 2.62. The Morgan fingerprint density at radius 3 is 2.88 bits per heavy atom. The Labute approximate surface area is 151 Å². The van der Waals surface area contributed by atoms with Crippen molar-refractivity contribution in [1.82, 2.24) is 14.9 Å². The molecule has 1 aromatic heterocycles. The van der Waals surface area contributed by atoms with Gasteiger partial charge in [0.05, 0.1) is 29.4 Å². The Bertz CT molecular complexity index is 772. The van der Waals surface area contributed by atoms with E-state index in [2.05, 4.69) is 14.9 Å². The zero-order chi connectivity index (χ0) is 17.8. The van der Waals surface area contributed by atoms with Crippen molar-refractivity contribution >= 4 is 22.7 Å². The molecule has 25 heavy (non-hydrogen) atoms. The average molecular weight is 363 g/mol. The number of para-hydroxylation sites is 1. The molecule has 3 N–H and O–H groups in total. The van der Waals surface area contributed by atoms with Crippen LogP contribution < -0.4 is 5.56 Å². The number of fused-ring (bicyclic) bond motifs is 1. The Hall–Kier alpha value is -1.41. The van der Waals surface area contributed by atoms with Gasteiger partial charge in [0.25, 0.3) is 5.56 Å². The minimum atomic E-state index is -0.653. The molecule has 1 aliphatic rings. The maximum Gasteiger partial charge on any atom is 0.258 e. The monoisotopic (exact) mass is 363 g/mol. The maximum atomic E-state index is 12.2. The number of aromatic amines is 1. The summed E-state index contributed by atoms with van der Waals surface area (Å²) in [6.07, 6.45) is 1.43. The van der Waals surface area contributed by atoms with E-state index in [0.29, 0.717) is 22.9 Å². The first-order chi connectivity index (χ1) is 12.1. The topological polar surface area (TPSA) is 89.5 Å². The summed E-state index contributed by atoms with van der Waals surface area (Å²) in [7, 11) is 0. The molecule has 0 amide bonds. The molecule has 0 aliphatic carbocycles. The van der Waals surface area contributed by atoms with Gasteiger partial charge in [0.15, 0.2) is 0 Å². The molecular formula is C18H25N3O3S. The molecule has 1 saturated heterocycles. The summed E-state index contributed by atoms with van der Waals surface area (Å²) in [6.45, 7) is 4.18. The van der Waals surface area contributed by atoms with Crippen LogP contribution in [0, 0.1) is 6.92 Å². The highest BCUT2D eigenvalue weighted by atomic mass is 32.2. The largest absolute Gasteiger partial charge is 0.394 e. The van der Waals surface area contributed by atoms with Gasteiger partial charge in [0, 0.05) is 11.8 Å².